The minimum atomic E-state index is 0.0880. The van der Waals surface area contributed by atoms with Gasteiger partial charge in [0.25, 0.3) is 0 Å². The molecule has 1 aromatic carbocycles. The molecule has 23 heavy (non-hydrogen) atoms. The van der Waals surface area contributed by atoms with Gasteiger partial charge in [-0.25, -0.2) is 0 Å². The SMILES string of the molecule is CCCC(=O)c1c[nH]c2cc(NC(=O)CC3CCCC3)ccc12. The van der Waals surface area contributed by atoms with Crippen molar-refractivity contribution >= 4 is 28.3 Å². The minimum Gasteiger partial charge on any atom is -0.360 e. The van der Waals surface area contributed by atoms with Crippen molar-refractivity contribution in [2.75, 3.05) is 5.32 Å². The summed E-state index contributed by atoms with van der Waals surface area (Å²) in [5.74, 6) is 0.796. The zero-order chi connectivity index (χ0) is 16.2. The Morgan fingerprint density at radius 2 is 2.04 bits per heavy atom. The number of H-pyrrole nitrogens is 1. The first kappa shape index (κ1) is 15.8. The summed E-state index contributed by atoms with van der Waals surface area (Å²) in [5.41, 5.74) is 2.42. The van der Waals surface area contributed by atoms with Gasteiger partial charge in [-0.15, -0.1) is 0 Å². The van der Waals surface area contributed by atoms with Crippen LogP contribution in [0, 0.1) is 5.92 Å². The van der Waals surface area contributed by atoms with Crippen LogP contribution in [0.2, 0.25) is 0 Å². The molecule has 1 aliphatic carbocycles. The number of anilines is 1. The van der Waals surface area contributed by atoms with Gasteiger partial charge in [-0.3, -0.25) is 9.59 Å². The number of amides is 1. The summed E-state index contributed by atoms with van der Waals surface area (Å²) < 4.78 is 0. The Labute approximate surface area is 136 Å². The molecule has 4 nitrogen and oxygen atoms in total. The van der Waals surface area contributed by atoms with Gasteiger partial charge >= 0.3 is 0 Å². The second-order valence-corrected chi connectivity index (χ2v) is 6.54. The monoisotopic (exact) mass is 312 g/mol. The normalized spacial score (nSPS) is 15.2. The number of benzene rings is 1. The highest BCUT2D eigenvalue weighted by molar-refractivity contribution is 6.08. The molecule has 0 aliphatic heterocycles. The molecule has 2 N–H and O–H groups in total. The Morgan fingerprint density at radius 1 is 1.26 bits per heavy atom. The fourth-order valence-corrected chi connectivity index (χ4v) is 3.49. The number of fused-ring (bicyclic) bond motifs is 1. The molecule has 2 aromatic rings. The highest BCUT2D eigenvalue weighted by Crippen LogP contribution is 2.28. The van der Waals surface area contributed by atoms with Crippen LogP contribution in [-0.4, -0.2) is 16.7 Å². The van der Waals surface area contributed by atoms with E-state index in [2.05, 4.69) is 10.3 Å². The summed E-state index contributed by atoms with van der Waals surface area (Å²) in [4.78, 5) is 27.4. The molecule has 0 saturated heterocycles. The second kappa shape index (κ2) is 6.99. The van der Waals surface area contributed by atoms with Gasteiger partial charge in [0, 0.05) is 41.2 Å². The van der Waals surface area contributed by atoms with Crippen LogP contribution >= 0.6 is 0 Å². The number of ketones is 1. The molecule has 1 heterocycles. The molecule has 122 valence electrons. The summed E-state index contributed by atoms with van der Waals surface area (Å²) in [5, 5.41) is 3.91. The fourth-order valence-electron chi connectivity index (χ4n) is 3.49. The first-order valence-electron chi connectivity index (χ1n) is 8.61. The molecule has 1 aliphatic rings. The van der Waals surface area contributed by atoms with Crippen LogP contribution in [0.15, 0.2) is 24.4 Å². The molecule has 0 spiro atoms. The lowest BCUT2D eigenvalue weighted by molar-refractivity contribution is -0.117. The topological polar surface area (TPSA) is 62.0 Å². The summed E-state index contributed by atoms with van der Waals surface area (Å²) in [6.45, 7) is 2.00. The molecule has 1 saturated carbocycles. The van der Waals surface area contributed by atoms with E-state index in [0.717, 1.165) is 28.6 Å². The van der Waals surface area contributed by atoms with E-state index in [9.17, 15) is 9.59 Å². The highest BCUT2D eigenvalue weighted by atomic mass is 16.1. The van der Waals surface area contributed by atoms with Crippen molar-refractivity contribution in [3.8, 4) is 0 Å². The summed E-state index contributed by atoms with van der Waals surface area (Å²) in [7, 11) is 0. The summed E-state index contributed by atoms with van der Waals surface area (Å²) in [6, 6.07) is 5.70. The van der Waals surface area contributed by atoms with Crippen molar-refractivity contribution in [2.24, 2.45) is 5.92 Å². The number of nitrogens with one attached hydrogen (secondary N) is 2. The summed E-state index contributed by atoms with van der Waals surface area (Å²) in [6.07, 6.45) is 8.64. The van der Waals surface area contributed by atoms with E-state index in [1.807, 2.05) is 25.1 Å². The molecule has 1 fully saturated rings. The van der Waals surface area contributed by atoms with Gasteiger partial charge in [-0.1, -0.05) is 25.8 Å². The van der Waals surface area contributed by atoms with E-state index in [4.69, 9.17) is 0 Å². The lowest BCUT2D eigenvalue weighted by Gasteiger charge is -2.09. The van der Waals surface area contributed by atoms with Crippen LogP contribution in [0.25, 0.3) is 10.9 Å². The molecule has 0 radical (unpaired) electrons. The van der Waals surface area contributed by atoms with Gasteiger partial charge in [0.05, 0.1) is 0 Å². The van der Waals surface area contributed by atoms with Crippen molar-refractivity contribution in [3.05, 3.63) is 30.0 Å². The van der Waals surface area contributed by atoms with Gasteiger partial charge in [-0.05, 0) is 37.3 Å². The number of carbonyl (C=O) groups excluding carboxylic acids is 2. The smallest absolute Gasteiger partial charge is 0.224 e. The number of aromatic nitrogens is 1. The lowest BCUT2D eigenvalue weighted by Crippen LogP contribution is -2.15. The van der Waals surface area contributed by atoms with Crippen molar-refractivity contribution in [1.82, 2.24) is 4.98 Å². The number of aromatic amines is 1. The summed E-state index contributed by atoms with van der Waals surface area (Å²) >= 11 is 0. The van der Waals surface area contributed by atoms with Crippen LogP contribution in [0.1, 0.15) is 62.2 Å². The van der Waals surface area contributed by atoms with Crippen LogP contribution in [0.4, 0.5) is 5.69 Å². The van der Waals surface area contributed by atoms with E-state index in [1.165, 1.54) is 25.7 Å². The lowest BCUT2D eigenvalue weighted by atomic mass is 10.0. The van der Waals surface area contributed by atoms with Crippen LogP contribution in [0.3, 0.4) is 0 Å². The van der Waals surface area contributed by atoms with E-state index >= 15 is 0 Å². The second-order valence-electron chi connectivity index (χ2n) is 6.54. The third kappa shape index (κ3) is 3.63. The molecular formula is C19H24N2O2. The molecule has 0 bridgehead atoms. The molecule has 4 heteroatoms. The Morgan fingerprint density at radius 3 is 2.78 bits per heavy atom. The number of Topliss-reactive ketones (excluding diaryl/α,β-unsaturated/α-hetero) is 1. The highest BCUT2D eigenvalue weighted by Gasteiger charge is 2.18. The van der Waals surface area contributed by atoms with Crippen molar-refractivity contribution in [2.45, 2.75) is 51.9 Å². The quantitative estimate of drug-likeness (QED) is 0.761. The zero-order valence-electron chi connectivity index (χ0n) is 13.7. The first-order chi connectivity index (χ1) is 11.2. The van der Waals surface area contributed by atoms with Crippen LogP contribution < -0.4 is 5.32 Å². The molecule has 3 rings (SSSR count). The van der Waals surface area contributed by atoms with E-state index < -0.39 is 0 Å². The van der Waals surface area contributed by atoms with E-state index in [1.54, 1.807) is 6.20 Å². The molecular weight excluding hydrogens is 288 g/mol. The van der Waals surface area contributed by atoms with Crippen molar-refractivity contribution in [1.29, 1.82) is 0 Å². The van der Waals surface area contributed by atoms with E-state index in [0.29, 0.717) is 18.8 Å². The Balaban J connectivity index is 1.70. The van der Waals surface area contributed by atoms with Gasteiger partial charge < -0.3 is 10.3 Å². The molecule has 0 atom stereocenters. The number of hydrogen-bond acceptors (Lipinski definition) is 2. The maximum absolute atomic E-state index is 12.1. The zero-order valence-corrected chi connectivity index (χ0v) is 13.7. The Hall–Kier alpha value is -2.10. The van der Waals surface area contributed by atoms with Crippen molar-refractivity contribution in [3.63, 3.8) is 0 Å². The Bertz CT molecular complexity index is 711. The Kier molecular flexibility index (Phi) is 4.79. The largest absolute Gasteiger partial charge is 0.360 e. The van der Waals surface area contributed by atoms with Gasteiger partial charge in [0.1, 0.15) is 0 Å². The predicted molar refractivity (Wildman–Crippen MR) is 92.7 cm³/mol. The standard InChI is InChI=1S/C19H24N2O2/c1-2-5-18(22)16-12-20-17-11-14(8-9-15(16)17)21-19(23)10-13-6-3-4-7-13/h8-9,11-13,20H,2-7,10H2,1H3,(H,21,23). The fraction of sp³-hybridized carbons (Fsp3) is 0.474. The van der Waals surface area contributed by atoms with Gasteiger partial charge in [-0.2, -0.15) is 0 Å². The molecule has 0 unspecified atom stereocenters. The average molecular weight is 312 g/mol. The third-order valence-electron chi connectivity index (χ3n) is 4.69. The number of hydrogen-bond donors (Lipinski definition) is 2. The van der Waals surface area contributed by atoms with Crippen LogP contribution in [-0.2, 0) is 4.79 Å². The third-order valence-corrected chi connectivity index (χ3v) is 4.69. The minimum absolute atomic E-state index is 0.0880. The van der Waals surface area contributed by atoms with Crippen molar-refractivity contribution < 1.29 is 9.59 Å². The van der Waals surface area contributed by atoms with Gasteiger partial charge in [0.2, 0.25) is 5.91 Å². The maximum atomic E-state index is 12.1. The number of carbonyl (C=O) groups is 2. The van der Waals surface area contributed by atoms with Gasteiger partial charge in [0.15, 0.2) is 5.78 Å². The maximum Gasteiger partial charge on any atom is 0.224 e. The van der Waals surface area contributed by atoms with E-state index in [-0.39, 0.29) is 11.7 Å². The average Bonchev–Trinajstić information content (AvgIpc) is 3.16. The van der Waals surface area contributed by atoms with Crippen LogP contribution in [0.5, 0.6) is 0 Å². The predicted octanol–water partition coefficient (Wildman–Crippen LogP) is 4.67. The molecule has 1 amide bonds. The first-order valence-corrected chi connectivity index (χ1v) is 8.61. The molecule has 1 aromatic heterocycles. The number of rotatable bonds is 6.